The van der Waals surface area contributed by atoms with Crippen LogP contribution in [0.15, 0.2) is 24.4 Å². The highest BCUT2D eigenvalue weighted by Gasteiger charge is 2.23. The van der Waals surface area contributed by atoms with Gasteiger partial charge in [0.2, 0.25) is 0 Å². The van der Waals surface area contributed by atoms with Gasteiger partial charge in [0.05, 0.1) is 23.0 Å². The molecule has 0 saturated heterocycles. The summed E-state index contributed by atoms with van der Waals surface area (Å²) in [6, 6.07) is 5.09. The average Bonchev–Trinajstić information content (AvgIpc) is 2.78. The molecule has 0 bridgehead atoms. The van der Waals surface area contributed by atoms with Crippen LogP contribution in [0.1, 0.15) is 36.2 Å². The van der Waals surface area contributed by atoms with E-state index in [1.165, 1.54) is 0 Å². The second kappa shape index (κ2) is 6.37. The van der Waals surface area contributed by atoms with Gasteiger partial charge in [0, 0.05) is 12.1 Å². The number of benzene rings is 1. The number of nitrogens with one attached hydrogen (secondary N) is 1. The molecule has 0 saturated carbocycles. The van der Waals surface area contributed by atoms with Crippen LogP contribution in [0.25, 0.3) is 0 Å². The smallest absolute Gasteiger partial charge is 0.131 e. The molecule has 20 heavy (non-hydrogen) atoms. The predicted molar refractivity (Wildman–Crippen MR) is 79.6 cm³/mol. The number of hydrogen-bond donors (Lipinski definition) is 1. The Labute approximate surface area is 123 Å². The Morgan fingerprint density at radius 3 is 2.85 bits per heavy atom. The van der Waals surface area contributed by atoms with Crippen LogP contribution in [-0.2, 0) is 6.54 Å². The van der Waals surface area contributed by atoms with Gasteiger partial charge >= 0.3 is 0 Å². The van der Waals surface area contributed by atoms with Crippen molar-refractivity contribution in [1.82, 2.24) is 15.1 Å². The fourth-order valence-electron chi connectivity index (χ4n) is 2.38. The molecule has 1 unspecified atom stereocenters. The molecule has 0 spiro atoms. The number of nitrogens with zero attached hydrogens (tertiary/aromatic N) is 2. The highest BCUT2D eigenvalue weighted by atomic mass is 35.5. The minimum atomic E-state index is -0.309. The van der Waals surface area contributed by atoms with Crippen LogP contribution < -0.4 is 5.32 Å². The lowest BCUT2D eigenvalue weighted by Gasteiger charge is -2.20. The molecule has 3 nitrogen and oxygen atoms in total. The normalized spacial score (nSPS) is 12.7. The third-order valence-electron chi connectivity index (χ3n) is 3.36. The predicted octanol–water partition coefficient (Wildman–Crippen LogP) is 3.70. The Hall–Kier alpha value is -1.39. The molecule has 5 heteroatoms. The van der Waals surface area contributed by atoms with Crippen LogP contribution in [0, 0.1) is 12.7 Å². The summed E-state index contributed by atoms with van der Waals surface area (Å²) in [7, 11) is 1.80. The van der Waals surface area contributed by atoms with Gasteiger partial charge in [0.1, 0.15) is 5.82 Å². The Balaban J connectivity index is 2.52. The number of rotatable bonds is 5. The van der Waals surface area contributed by atoms with Crippen molar-refractivity contribution in [1.29, 1.82) is 0 Å². The molecule has 0 aliphatic heterocycles. The Bertz CT molecular complexity index is 595. The van der Waals surface area contributed by atoms with Crippen molar-refractivity contribution in [2.24, 2.45) is 0 Å². The number of aryl methyl sites for hydroxylation is 2. The molecule has 0 aliphatic carbocycles. The van der Waals surface area contributed by atoms with Gasteiger partial charge in [-0.05, 0) is 26.0 Å². The fraction of sp³-hybridized carbons (Fsp3) is 0.400. The number of aromatic nitrogens is 2. The molecule has 1 N–H and O–H groups in total. The van der Waals surface area contributed by atoms with E-state index in [4.69, 9.17) is 11.6 Å². The lowest BCUT2D eigenvalue weighted by atomic mass is 10.0. The van der Waals surface area contributed by atoms with Crippen molar-refractivity contribution in [3.05, 3.63) is 52.1 Å². The minimum absolute atomic E-state index is 0.202. The summed E-state index contributed by atoms with van der Waals surface area (Å²) in [5.41, 5.74) is 2.02. The summed E-state index contributed by atoms with van der Waals surface area (Å²) in [6.07, 6.45) is 2.56. The van der Waals surface area contributed by atoms with Gasteiger partial charge in [-0.3, -0.25) is 4.68 Å². The number of hydrogen-bond acceptors (Lipinski definition) is 2. The van der Waals surface area contributed by atoms with E-state index in [-0.39, 0.29) is 11.9 Å². The van der Waals surface area contributed by atoms with Gasteiger partial charge in [-0.1, -0.05) is 36.7 Å². The third-order valence-corrected chi connectivity index (χ3v) is 3.65. The zero-order valence-corrected chi connectivity index (χ0v) is 12.7. The average molecular weight is 296 g/mol. The SMILES string of the molecule is CCCn1ncc(Cl)c1C(NC)c1cccc(C)c1F. The first-order valence-electron chi connectivity index (χ1n) is 6.73. The zero-order valence-electron chi connectivity index (χ0n) is 12.0. The van der Waals surface area contributed by atoms with E-state index < -0.39 is 0 Å². The Kier molecular flexibility index (Phi) is 4.78. The second-order valence-corrected chi connectivity index (χ2v) is 5.21. The van der Waals surface area contributed by atoms with E-state index in [0.29, 0.717) is 16.1 Å². The van der Waals surface area contributed by atoms with Crippen molar-refractivity contribution in [3.8, 4) is 0 Å². The van der Waals surface area contributed by atoms with E-state index in [9.17, 15) is 4.39 Å². The molecule has 2 rings (SSSR count). The molecule has 2 aromatic rings. The lowest BCUT2D eigenvalue weighted by molar-refractivity contribution is 0.514. The van der Waals surface area contributed by atoms with Crippen LogP contribution in [0.4, 0.5) is 4.39 Å². The molecular weight excluding hydrogens is 277 g/mol. The highest BCUT2D eigenvalue weighted by molar-refractivity contribution is 6.31. The van der Waals surface area contributed by atoms with E-state index in [2.05, 4.69) is 17.3 Å². The third kappa shape index (κ3) is 2.72. The van der Waals surface area contributed by atoms with E-state index in [1.807, 2.05) is 10.7 Å². The maximum absolute atomic E-state index is 14.4. The summed E-state index contributed by atoms with van der Waals surface area (Å²) < 4.78 is 16.2. The van der Waals surface area contributed by atoms with Crippen LogP contribution >= 0.6 is 11.6 Å². The summed E-state index contributed by atoms with van der Waals surface area (Å²) in [5, 5.41) is 7.97. The maximum Gasteiger partial charge on any atom is 0.131 e. The van der Waals surface area contributed by atoms with Gasteiger partial charge < -0.3 is 5.32 Å². The molecule has 0 amide bonds. The number of halogens is 2. The van der Waals surface area contributed by atoms with Crippen LogP contribution in [0.3, 0.4) is 0 Å². The highest BCUT2D eigenvalue weighted by Crippen LogP contribution is 2.30. The monoisotopic (exact) mass is 295 g/mol. The van der Waals surface area contributed by atoms with Crippen molar-refractivity contribution in [3.63, 3.8) is 0 Å². The summed E-state index contributed by atoms with van der Waals surface area (Å²) in [6.45, 7) is 4.59. The maximum atomic E-state index is 14.4. The summed E-state index contributed by atoms with van der Waals surface area (Å²) >= 11 is 6.25. The van der Waals surface area contributed by atoms with Gasteiger partial charge in [-0.25, -0.2) is 4.39 Å². The topological polar surface area (TPSA) is 29.9 Å². The molecule has 1 heterocycles. The first-order chi connectivity index (χ1) is 9.60. The summed E-state index contributed by atoms with van der Waals surface area (Å²) in [4.78, 5) is 0. The molecule has 108 valence electrons. The van der Waals surface area contributed by atoms with Crippen molar-refractivity contribution in [2.45, 2.75) is 32.9 Å². The van der Waals surface area contributed by atoms with Crippen molar-refractivity contribution < 1.29 is 4.39 Å². The first-order valence-corrected chi connectivity index (χ1v) is 7.11. The van der Waals surface area contributed by atoms with Gasteiger partial charge in [0.25, 0.3) is 0 Å². The van der Waals surface area contributed by atoms with Crippen LogP contribution in [-0.4, -0.2) is 16.8 Å². The molecule has 0 fully saturated rings. The van der Waals surface area contributed by atoms with Gasteiger partial charge in [-0.2, -0.15) is 5.10 Å². The van der Waals surface area contributed by atoms with E-state index in [1.54, 1.807) is 32.3 Å². The van der Waals surface area contributed by atoms with Crippen molar-refractivity contribution >= 4 is 11.6 Å². The van der Waals surface area contributed by atoms with Crippen LogP contribution in [0.5, 0.6) is 0 Å². The molecule has 1 aromatic carbocycles. The van der Waals surface area contributed by atoms with Crippen molar-refractivity contribution in [2.75, 3.05) is 7.05 Å². The minimum Gasteiger partial charge on any atom is -0.308 e. The van der Waals surface area contributed by atoms with Gasteiger partial charge in [-0.15, -0.1) is 0 Å². The van der Waals surface area contributed by atoms with Gasteiger partial charge in [0.15, 0.2) is 0 Å². The Morgan fingerprint density at radius 1 is 1.45 bits per heavy atom. The summed E-state index contributed by atoms with van der Waals surface area (Å²) in [5.74, 6) is -0.202. The molecule has 0 aliphatic rings. The largest absolute Gasteiger partial charge is 0.308 e. The first kappa shape index (κ1) is 15.0. The molecule has 1 aromatic heterocycles. The molecular formula is C15H19ClFN3. The van der Waals surface area contributed by atoms with E-state index in [0.717, 1.165) is 18.7 Å². The fourth-order valence-corrected chi connectivity index (χ4v) is 2.63. The zero-order chi connectivity index (χ0) is 14.7. The molecule has 0 radical (unpaired) electrons. The quantitative estimate of drug-likeness (QED) is 0.911. The molecule has 1 atom stereocenters. The lowest BCUT2D eigenvalue weighted by Crippen LogP contribution is -2.23. The standard InChI is InChI=1S/C15H19ClFN3/c1-4-8-20-15(12(16)9-19-20)14(18-3)11-7-5-6-10(2)13(11)17/h5-7,9,14,18H,4,8H2,1-3H3. The van der Waals surface area contributed by atoms with E-state index >= 15 is 0 Å². The Morgan fingerprint density at radius 2 is 2.20 bits per heavy atom. The van der Waals surface area contributed by atoms with Crippen LogP contribution in [0.2, 0.25) is 5.02 Å². The second-order valence-electron chi connectivity index (χ2n) is 4.80.